The minimum Gasteiger partial charge on any atom is -0.358 e. The molecule has 2 N–H and O–H groups in total. The second-order valence-electron chi connectivity index (χ2n) is 8.44. The summed E-state index contributed by atoms with van der Waals surface area (Å²) in [5, 5.41) is 0. The van der Waals surface area contributed by atoms with Crippen LogP contribution in [-0.2, 0) is 0 Å². The molecule has 6 aliphatic carbocycles. The Labute approximate surface area is 157 Å². The average molecular weight is 358 g/mol. The lowest BCUT2D eigenvalue weighted by Gasteiger charge is -2.31. The minimum atomic E-state index is -0.0814. The number of aromatic amines is 2. The summed E-state index contributed by atoms with van der Waals surface area (Å²) in [5.41, 5.74) is 6.09. The molecule has 4 unspecified atom stereocenters. The van der Waals surface area contributed by atoms with E-state index < -0.39 is 0 Å². The molecular formula is C23H22N2O2. The van der Waals surface area contributed by atoms with Crippen molar-refractivity contribution in [1.29, 1.82) is 0 Å². The lowest BCUT2D eigenvalue weighted by atomic mass is 9.72. The SMILES string of the molecule is O=C(CC(=O)c1[nH]cc2c1C1C=CC2CC1)c1[nH]cc2c1C1C=CC2CC1. The zero-order valence-electron chi connectivity index (χ0n) is 15.1. The van der Waals surface area contributed by atoms with Gasteiger partial charge >= 0.3 is 0 Å². The Morgan fingerprint density at radius 3 is 1.52 bits per heavy atom. The Morgan fingerprint density at radius 2 is 1.11 bits per heavy atom. The molecule has 4 atom stereocenters. The molecule has 4 nitrogen and oxygen atoms in total. The van der Waals surface area contributed by atoms with Crippen LogP contribution in [0.4, 0.5) is 0 Å². The first kappa shape index (κ1) is 15.4. The molecule has 4 heteroatoms. The molecule has 0 aromatic carbocycles. The van der Waals surface area contributed by atoms with Crippen LogP contribution in [0.1, 0.15) is 99.0 Å². The van der Waals surface area contributed by atoms with Crippen molar-refractivity contribution >= 4 is 11.6 Å². The molecule has 0 fully saturated rings. The molecule has 0 spiro atoms. The number of Topliss-reactive ketones (excluding diaryl/α,β-unsaturated/α-hetero) is 2. The van der Waals surface area contributed by atoms with Crippen LogP contribution in [0.3, 0.4) is 0 Å². The summed E-state index contributed by atoms with van der Waals surface area (Å²) in [5.74, 6) is 1.34. The zero-order chi connectivity index (χ0) is 18.1. The number of hydrogen-bond donors (Lipinski definition) is 2. The highest BCUT2D eigenvalue weighted by molar-refractivity contribution is 6.13. The lowest BCUT2D eigenvalue weighted by Crippen LogP contribution is -2.20. The van der Waals surface area contributed by atoms with Gasteiger partial charge in [0.15, 0.2) is 11.6 Å². The predicted molar refractivity (Wildman–Crippen MR) is 103 cm³/mol. The monoisotopic (exact) mass is 358 g/mol. The van der Waals surface area contributed by atoms with Crippen molar-refractivity contribution in [3.05, 3.63) is 70.3 Å². The van der Waals surface area contributed by atoms with E-state index in [0.717, 1.165) is 36.8 Å². The van der Waals surface area contributed by atoms with Crippen molar-refractivity contribution in [1.82, 2.24) is 9.97 Å². The standard InChI is InChI=1S/C23H22N2O2/c26-18(22-20-14-5-1-12(2-6-14)16(20)10-24-22)9-19(27)23-21-15-7-3-13(4-8-15)17(21)11-25-23/h1,3,5,7,10-15,24-25H,2,4,6,8-9H2. The highest BCUT2D eigenvalue weighted by Crippen LogP contribution is 2.48. The first-order valence-electron chi connectivity index (χ1n) is 10.1. The van der Waals surface area contributed by atoms with Gasteiger partial charge in [0, 0.05) is 36.1 Å². The summed E-state index contributed by atoms with van der Waals surface area (Å²) in [4.78, 5) is 32.4. The average Bonchev–Trinajstić information content (AvgIpc) is 3.37. The molecule has 2 aromatic heterocycles. The van der Waals surface area contributed by atoms with Crippen LogP contribution in [0.25, 0.3) is 0 Å². The highest BCUT2D eigenvalue weighted by Gasteiger charge is 2.36. The summed E-state index contributed by atoms with van der Waals surface area (Å²) in [7, 11) is 0. The van der Waals surface area contributed by atoms with Gasteiger partial charge in [0.05, 0.1) is 17.8 Å². The molecule has 2 aromatic rings. The third-order valence-corrected chi connectivity index (χ3v) is 7.05. The summed E-state index contributed by atoms with van der Waals surface area (Å²) in [6.07, 6.45) is 17.4. The molecule has 27 heavy (non-hydrogen) atoms. The topological polar surface area (TPSA) is 65.7 Å². The van der Waals surface area contributed by atoms with Gasteiger partial charge in [-0.15, -0.1) is 0 Å². The van der Waals surface area contributed by atoms with Crippen LogP contribution in [0.5, 0.6) is 0 Å². The van der Waals surface area contributed by atoms with Gasteiger partial charge in [-0.05, 0) is 47.9 Å². The molecule has 0 amide bonds. The van der Waals surface area contributed by atoms with E-state index >= 15 is 0 Å². The Balaban J connectivity index is 1.29. The first-order valence-corrected chi connectivity index (χ1v) is 10.1. The molecule has 6 aliphatic rings. The molecule has 0 saturated carbocycles. The van der Waals surface area contributed by atoms with Crippen molar-refractivity contribution < 1.29 is 9.59 Å². The zero-order valence-corrected chi connectivity index (χ0v) is 15.1. The highest BCUT2D eigenvalue weighted by atomic mass is 16.1. The third-order valence-electron chi connectivity index (χ3n) is 7.05. The minimum absolute atomic E-state index is 0.0674. The summed E-state index contributed by atoms with van der Waals surface area (Å²) >= 11 is 0. The second kappa shape index (κ2) is 5.44. The van der Waals surface area contributed by atoms with Crippen LogP contribution in [0, 0.1) is 0 Å². The van der Waals surface area contributed by atoms with Gasteiger partial charge in [0.2, 0.25) is 0 Å². The van der Waals surface area contributed by atoms with Gasteiger partial charge in [0.1, 0.15) is 0 Å². The number of ketones is 2. The van der Waals surface area contributed by atoms with Crippen LogP contribution in [-0.4, -0.2) is 21.5 Å². The van der Waals surface area contributed by atoms with E-state index in [-0.39, 0.29) is 18.0 Å². The van der Waals surface area contributed by atoms with E-state index in [1.807, 2.05) is 12.4 Å². The van der Waals surface area contributed by atoms with E-state index in [1.165, 1.54) is 11.1 Å². The summed E-state index contributed by atoms with van der Waals surface area (Å²) in [6, 6.07) is 0. The fourth-order valence-corrected chi connectivity index (χ4v) is 5.74. The Kier molecular flexibility index (Phi) is 3.11. The molecule has 4 bridgehead atoms. The molecule has 8 rings (SSSR count). The van der Waals surface area contributed by atoms with Crippen LogP contribution in [0.15, 0.2) is 36.7 Å². The maximum atomic E-state index is 13.0. The lowest BCUT2D eigenvalue weighted by molar-refractivity contribution is 0.0887. The number of carbonyl (C=O) groups excluding carboxylic acids is 2. The maximum absolute atomic E-state index is 13.0. The van der Waals surface area contributed by atoms with Gasteiger partial charge in [-0.1, -0.05) is 24.3 Å². The van der Waals surface area contributed by atoms with Gasteiger partial charge in [-0.3, -0.25) is 9.59 Å². The van der Waals surface area contributed by atoms with Gasteiger partial charge in [-0.2, -0.15) is 0 Å². The predicted octanol–water partition coefficient (Wildman–Crippen LogP) is 4.86. The van der Waals surface area contributed by atoms with Gasteiger partial charge < -0.3 is 9.97 Å². The van der Waals surface area contributed by atoms with Crippen molar-refractivity contribution in [2.75, 3.05) is 0 Å². The Bertz CT molecular complexity index is 953. The first-order chi connectivity index (χ1) is 13.2. The summed E-state index contributed by atoms with van der Waals surface area (Å²) < 4.78 is 0. The van der Waals surface area contributed by atoms with Crippen molar-refractivity contribution in [2.24, 2.45) is 0 Å². The Hall–Kier alpha value is -2.62. The van der Waals surface area contributed by atoms with Crippen molar-refractivity contribution in [3.63, 3.8) is 0 Å². The van der Waals surface area contributed by atoms with E-state index in [9.17, 15) is 9.59 Å². The van der Waals surface area contributed by atoms with E-state index in [2.05, 4.69) is 34.3 Å². The molecule has 2 heterocycles. The van der Waals surface area contributed by atoms with Crippen molar-refractivity contribution in [2.45, 2.75) is 55.8 Å². The quantitative estimate of drug-likeness (QED) is 0.466. The fourth-order valence-electron chi connectivity index (χ4n) is 5.74. The fraction of sp³-hybridized carbons (Fsp3) is 0.391. The molecular weight excluding hydrogens is 336 g/mol. The Morgan fingerprint density at radius 1 is 0.704 bits per heavy atom. The molecule has 0 saturated heterocycles. The number of fused-ring (bicyclic) bond motifs is 2. The number of H-pyrrole nitrogens is 2. The van der Waals surface area contributed by atoms with Crippen LogP contribution in [0.2, 0.25) is 0 Å². The van der Waals surface area contributed by atoms with E-state index in [1.54, 1.807) is 0 Å². The van der Waals surface area contributed by atoms with Crippen LogP contribution >= 0.6 is 0 Å². The number of nitrogens with one attached hydrogen (secondary N) is 2. The van der Waals surface area contributed by atoms with E-state index in [0.29, 0.717) is 35.1 Å². The smallest absolute Gasteiger partial charge is 0.187 e. The summed E-state index contributed by atoms with van der Waals surface area (Å²) in [6.45, 7) is 0. The number of allylic oxidation sites excluding steroid dienone is 4. The largest absolute Gasteiger partial charge is 0.358 e. The maximum Gasteiger partial charge on any atom is 0.187 e. The van der Waals surface area contributed by atoms with Crippen molar-refractivity contribution in [3.8, 4) is 0 Å². The van der Waals surface area contributed by atoms with Crippen LogP contribution < -0.4 is 0 Å². The molecule has 0 aliphatic heterocycles. The number of aromatic nitrogens is 2. The number of carbonyl (C=O) groups is 2. The number of hydrogen-bond acceptors (Lipinski definition) is 2. The van der Waals surface area contributed by atoms with Gasteiger partial charge in [0.25, 0.3) is 0 Å². The normalized spacial score (nSPS) is 29.0. The molecule has 136 valence electrons. The molecule has 0 radical (unpaired) electrons. The number of rotatable bonds is 4. The van der Waals surface area contributed by atoms with E-state index in [4.69, 9.17) is 0 Å². The second-order valence-corrected chi connectivity index (χ2v) is 8.44. The van der Waals surface area contributed by atoms with Gasteiger partial charge in [-0.25, -0.2) is 0 Å². The third kappa shape index (κ3) is 2.10.